The molecule has 1 aromatic heterocycles. The zero-order valence-corrected chi connectivity index (χ0v) is 19.6. The first kappa shape index (κ1) is 23.2. The molecule has 172 valence electrons. The fourth-order valence-electron chi connectivity index (χ4n) is 3.70. The number of para-hydroxylation sites is 1. The number of aryl methyl sites for hydroxylation is 1. The summed E-state index contributed by atoms with van der Waals surface area (Å²) in [6.45, 7) is 6.12. The molecule has 0 aliphatic carbocycles. The van der Waals surface area contributed by atoms with Crippen LogP contribution in [-0.4, -0.2) is 48.1 Å². The van der Waals surface area contributed by atoms with Crippen molar-refractivity contribution in [2.24, 2.45) is 0 Å². The van der Waals surface area contributed by atoms with E-state index in [1.807, 2.05) is 42.6 Å². The minimum Gasteiger partial charge on any atom is -0.487 e. The predicted molar refractivity (Wildman–Crippen MR) is 131 cm³/mol. The largest absolute Gasteiger partial charge is 0.487 e. The molecule has 1 fully saturated rings. The van der Waals surface area contributed by atoms with E-state index in [9.17, 15) is 4.79 Å². The van der Waals surface area contributed by atoms with Gasteiger partial charge in [0.25, 0.3) is 0 Å². The van der Waals surface area contributed by atoms with Crippen LogP contribution >= 0.6 is 11.3 Å². The third kappa shape index (κ3) is 7.25. The first-order valence-corrected chi connectivity index (χ1v) is 12.0. The molecule has 2 aromatic carbocycles. The second-order valence-corrected chi connectivity index (χ2v) is 9.04. The lowest BCUT2D eigenvalue weighted by Crippen LogP contribution is -2.46. The van der Waals surface area contributed by atoms with Crippen molar-refractivity contribution in [3.8, 4) is 5.75 Å². The maximum atomic E-state index is 12.4. The highest BCUT2D eigenvalue weighted by Gasteiger charge is 2.20. The van der Waals surface area contributed by atoms with Crippen LogP contribution in [0.15, 0.2) is 66.1 Å². The van der Waals surface area contributed by atoms with Crippen LogP contribution in [0.25, 0.3) is 6.08 Å². The fourth-order valence-corrected chi connectivity index (χ4v) is 4.30. The number of ether oxygens (including phenoxy) is 2. The Balaban J connectivity index is 1.25. The number of amides is 1. The van der Waals surface area contributed by atoms with E-state index in [1.54, 1.807) is 23.5 Å². The molecule has 1 atom stereocenters. The molecule has 1 aliphatic rings. The third-order valence-electron chi connectivity index (χ3n) is 5.35. The van der Waals surface area contributed by atoms with Gasteiger partial charge in [-0.25, -0.2) is 4.98 Å². The van der Waals surface area contributed by atoms with Crippen LogP contribution in [0.2, 0.25) is 0 Å². The van der Waals surface area contributed by atoms with E-state index in [1.165, 1.54) is 5.56 Å². The smallest absolute Gasteiger partial charge is 0.244 e. The van der Waals surface area contributed by atoms with Gasteiger partial charge >= 0.3 is 0 Å². The van der Waals surface area contributed by atoms with Gasteiger partial charge in [-0.15, -0.1) is 11.3 Å². The highest BCUT2D eigenvalue weighted by Crippen LogP contribution is 2.21. The summed E-state index contributed by atoms with van der Waals surface area (Å²) in [5.41, 5.74) is 3.04. The van der Waals surface area contributed by atoms with Crippen molar-refractivity contribution in [1.29, 1.82) is 0 Å². The SMILES string of the molecule is Cc1nc(COc2ccccc2/C=C/C(=O)NCC2CN(Cc3ccccc3)CCO2)cs1. The predicted octanol–water partition coefficient (Wildman–Crippen LogP) is 4.06. The lowest BCUT2D eigenvalue weighted by atomic mass is 10.2. The van der Waals surface area contributed by atoms with E-state index in [-0.39, 0.29) is 12.0 Å². The minimum atomic E-state index is -0.149. The summed E-state index contributed by atoms with van der Waals surface area (Å²) >= 11 is 1.60. The van der Waals surface area contributed by atoms with Gasteiger partial charge in [0, 0.05) is 43.2 Å². The van der Waals surface area contributed by atoms with Crippen LogP contribution in [0.1, 0.15) is 21.8 Å². The van der Waals surface area contributed by atoms with Gasteiger partial charge in [0.1, 0.15) is 12.4 Å². The van der Waals surface area contributed by atoms with Gasteiger partial charge in [-0.3, -0.25) is 9.69 Å². The lowest BCUT2D eigenvalue weighted by Gasteiger charge is -2.33. The summed E-state index contributed by atoms with van der Waals surface area (Å²) in [6.07, 6.45) is 3.30. The second kappa shape index (κ2) is 11.7. The van der Waals surface area contributed by atoms with Crippen LogP contribution in [-0.2, 0) is 22.7 Å². The average molecular weight is 464 g/mol. The van der Waals surface area contributed by atoms with Crippen molar-refractivity contribution in [3.05, 3.63) is 87.9 Å². The first-order chi connectivity index (χ1) is 16.2. The van der Waals surface area contributed by atoms with Gasteiger partial charge in [-0.05, 0) is 24.6 Å². The molecule has 2 heterocycles. The van der Waals surface area contributed by atoms with E-state index >= 15 is 0 Å². The van der Waals surface area contributed by atoms with Gasteiger partial charge in [0.15, 0.2) is 0 Å². The number of aromatic nitrogens is 1. The maximum absolute atomic E-state index is 12.4. The molecule has 1 aliphatic heterocycles. The Bertz CT molecular complexity index is 1070. The Morgan fingerprint density at radius 3 is 2.88 bits per heavy atom. The van der Waals surface area contributed by atoms with Crippen molar-refractivity contribution >= 4 is 23.3 Å². The van der Waals surface area contributed by atoms with E-state index in [0.29, 0.717) is 19.8 Å². The Morgan fingerprint density at radius 2 is 2.06 bits per heavy atom. The third-order valence-corrected chi connectivity index (χ3v) is 6.17. The molecule has 4 rings (SSSR count). The van der Waals surface area contributed by atoms with Gasteiger partial charge in [-0.2, -0.15) is 0 Å². The molecule has 33 heavy (non-hydrogen) atoms. The van der Waals surface area contributed by atoms with Crippen LogP contribution in [0.4, 0.5) is 0 Å². The number of nitrogens with zero attached hydrogens (tertiary/aromatic N) is 2. The Labute approximate surface area is 198 Å². The van der Waals surface area contributed by atoms with Crippen molar-refractivity contribution in [3.63, 3.8) is 0 Å². The summed E-state index contributed by atoms with van der Waals surface area (Å²) < 4.78 is 11.8. The molecule has 6 nitrogen and oxygen atoms in total. The van der Waals surface area contributed by atoms with Crippen LogP contribution < -0.4 is 10.1 Å². The number of nitrogens with one attached hydrogen (secondary N) is 1. The maximum Gasteiger partial charge on any atom is 0.244 e. The molecule has 1 N–H and O–H groups in total. The number of carbonyl (C=O) groups excluding carboxylic acids is 1. The first-order valence-electron chi connectivity index (χ1n) is 11.1. The van der Waals surface area contributed by atoms with E-state index in [2.05, 4.69) is 39.5 Å². The number of benzene rings is 2. The number of hydrogen-bond acceptors (Lipinski definition) is 6. The number of thiazole rings is 1. The topological polar surface area (TPSA) is 63.7 Å². The summed E-state index contributed by atoms with van der Waals surface area (Å²) in [4.78, 5) is 19.2. The van der Waals surface area contributed by atoms with Crippen LogP contribution in [0.5, 0.6) is 5.75 Å². The van der Waals surface area contributed by atoms with E-state index in [4.69, 9.17) is 9.47 Å². The fraction of sp³-hybridized carbons (Fsp3) is 0.308. The molecule has 1 saturated heterocycles. The summed E-state index contributed by atoms with van der Waals surface area (Å²) in [6, 6.07) is 18.1. The zero-order chi connectivity index (χ0) is 22.9. The molecule has 7 heteroatoms. The summed E-state index contributed by atoms with van der Waals surface area (Å²) in [5.74, 6) is 0.572. The number of carbonyl (C=O) groups is 1. The van der Waals surface area contributed by atoms with Gasteiger partial charge in [-0.1, -0.05) is 48.5 Å². The highest BCUT2D eigenvalue weighted by molar-refractivity contribution is 7.09. The number of hydrogen-bond donors (Lipinski definition) is 1. The second-order valence-electron chi connectivity index (χ2n) is 7.98. The normalized spacial score (nSPS) is 16.7. The number of morpholine rings is 1. The molecule has 1 amide bonds. The minimum absolute atomic E-state index is 0.0167. The molecule has 3 aromatic rings. The Morgan fingerprint density at radius 1 is 1.24 bits per heavy atom. The summed E-state index contributed by atoms with van der Waals surface area (Å²) in [5, 5.41) is 5.97. The van der Waals surface area contributed by atoms with Crippen LogP contribution in [0.3, 0.4) is 0 Å². The molecule has 0 saturated carbocycles. The van der Waals surface area contributed by atoms with E-state index < -0.39 is 0 Å². The number of rotatable bonds is 9. The van der Waals surface area contributed by atoms with Crippen LogP contribution in [0, 0.1) is 6.92 Å². The van der Waals surface area contributed by atoms with Crippen molar-refractivity contribution in [2.45, 2.75) is 26.2 Å². The molecule has 0 spiro atoms. The lowest BCUT2D eigenvalue weighted by molar-refractivity contribution is -0.117. The molecule has 0 bridgehead atoms. The quantitative estimate of drug-likeness (QED) is 0.485. The summed E-state index contributed by atoms with van der Waals surface area (Å²) in [7, 11) is 0. The molecule has 1 unspecified atom stereocenters. The van der Waals surface area contributed by atoms with Crippen molar-refractivity contribution in [1.82, 2.24) is 15.2 Å². The van der Waals surface area contributed by atoms with Crippen molar-refractivity contribution < 1.29 is 14.3 Å². The monoisotopic (exact) mass is 463 g/mol. The van der Waals surface area contributed by atoms with Gasteiger partial charge < -0.3 is 14.8 Å². The average Bonchev–Trinajstić information content (AvgIpc) is 3.26. The Kier molecular flexibility index (Phi) is 8.24. The molecular weight excluding hydrogens is 434 g/mol. The van der Waals surface area contributed by atoms with E-state index in [0.717, 1.165) is 41.6 Å². The highest BCUT2D eigenvalue weighted by atomic mass is 32.1. The molecule has 0 radical (unpaired) electrons. The van der Waals surface area contributed by atoms with Gasteiger partial charge in [0.05, 0.1) is 23.4 Å². The van der Waals surface area contributed by atoms with Gasteiger partial charge in [0.2, 0.25) is 5.91 Å². The standard InChI is InChI=1S/C26H29N3O3S/c1-20-28-23(19-33-20)18-32-25-10-6-5-9-22(25)11-12-26(30)27-15-24-17-29(13-14-31-24)16-21-7-3-2-4-8-21/h2-12,19,24H,13-18H2,1H3,(H,27,30)/b12-11+. The zero-order valence-electron chi connectivity index (χ0n) is 18.8. The molecular formula is C26H29N3O3S. The van der Waals surface area contributed by atoms with Crippen molar-refractivity contribution in [2.75, 3.05) is 26.2 Å². The Hall–Kier alpha value is -3.00.